The maximum Gasteiger partial charge on any atom is 0.100 e. The van der Waals surface area contributed by atoms with Crippen LogP contribution in [0.2, 0.25) is 0 Å². The highest BCUT2D eigenvalue weighted by molar-refractivity contribution is 4.83. The highest BCUT2D eigenvalue weighted by atomic mass is 19.1. The lowest BCUT2D eigenvalue weighted by atomic mass is 9.80. The van der Waals surface area contributed by atoms with Crippen molar-refractivity contribution in [1.29, 1.82) is 0 Å². The highest BCUT2D eigenvalue weighted by Gasteiger charge is 2.27. The van der Waals surface area contributed by atoms with Crippen molar-refractivity contribution in [2.45, 2.75) is 57.2 Å². The zero-order valence-electron chi connectivity index (χ0n) is 8.27. The Bertz CT molecular complexity index is 146. The fourth-order valence-corrected chi connectivity index (χ4v) is 2.76. The third-order valence-corrected chi connectivity index (χ3v) is 3.62. The average molecular weight is 185 g/mol. The Morgan fingerprint density at radius 1 is 0.923 bits per heavy atom. The summed E-state index contributed by atoms with van der Waals surface area (Å²) < 4.78 is 12.9. The van der Waals surface area contributed by atoms with Crippen molar-refractivity contribution in [3.8, 4) is 0 Å². The number of piperidine rings is 1. The first-order chi connectivity index (χ1) is 6.36. The van der Waals surface area contributed by atoms with Gasteiger partial charge in [0.15, 0.2) is 0 Å². The predicted octanol–water partition coefficient (Wildman–Crippen LogP) is 2.66. The van der Waals surface area contributed by atoms with Crippen LogP contribution in [0.3, 0.4) is 0 Å². The van der Waals surface area contributed by atoms with Crippen LogP contribution in [0.1, 0.15) is 44.9 Å². The van der Waals surface area contributed by atoms with E-state index < -0.39 is 6.17 Å². The van der Waals surface area contributed by atoms with E-state index >= 15 is 0 Å². The summed E-state index contributed by atoms with van der Waals surface area (Å²) >= 11 is 0. The molecule has 2 rings (SSSR count). The van der Waals surface area contributed by atoms with E-state index in [0.717, 1.165) is 31.6 Å². The molecule has 0 bridgehead atoms. The number of hydrogen-bond donors (Lipinski definition) is 1. The van der Waals surface area contributed by atoms with Gasteiger partial charge in [0.25, 0.3) is 0 Å². The summed E-state index contributed by atoms with van der Waals surface area (Å²) in [7, 11) is 0. The van der Waals surface area contributed by atoms with Crippen LogP contribution in [-0.2, 0) is 0 Å². The predicted molar refractivity (Wildman–Crippen MR) is 52.5 cm³/mol. The summed E-state index contributed by atoms with van der Waals surface area (Å²) in [5.41, 5.74) is 0. The highest BCUT2D eigenvalue weighted by Crippen LogP contribution is 2.31. The molecular formula is C11H20FN. The molecular weight excluding hydrogens is 165 g/mol. The number of nitrogens with one attached hydrogen (secondary N) is 1. The molecule has 1 saturated carbocycles. The number of alkyl halides is 1. The van der Waals surface area contributed by atoms with E-state index in [1.807, 2.05) is 0 Å². The minimum Gasteiger partial charge on any atom is -0.314 e. The summed E-state index contributed by atoms with van der Waals surface area (Å²) in [5, 5.41) is 3.58. The zero-order chi connectivity index (χ0) is 9.10. The van der Waals surface area contributed by atoms with Crippen LogP contribution in [0.15, 0.2) is 0 Å². The molecule has 0 aromatic heterocycles. The van der Waals surface area contributed by atoms with Gasteiger partial charge in [0.2, 0.25) is 0 Å². The number of halogens is 1. The standard InChI is InChI=1S/C11H20FN/c12-10-6-4-9(5-7-10)11-3-1-2-8-13-11/h9-11,13H,1-8H2. The quantitative estimate of drug-likeness (QED) is 0.662. The van der Waals surface area contributed by atoms with Gasteiger partial charge in [-0.15, -0.1) is 0 Å². The summed E-state index contributed by atoms with van der Waals surface area (Å²) in [4.78, 5) is 0. The van der Waals surface area contributed by atoms with E-state index in [1.54, 1.807) is 0 Å². The molecule has 1 nitrogen and oxygen atoms in total. The van der Waals surface area contributed by atoms with Crippen LogP contribution in [0.25, 0.3) is 0 Å². The third kappa shape index (κ3) is 2.43. The molecule has 0 amide bonds. The van der Waals surface area contributed by atoms with E-state index in [9.17, 15) is 4.39 Å². The van der Waals surface area contributed by atoms with Gasteiger partial charge in [-0.2, -0.15) is 0 Å². The smallest absolute Gasteiger partial charge is 0.100 e. The summed E-state index contributed by atoms with van der Waals surface area (Å²) in [5.74, 6) is 0.771. The van der Waals surface area contributed by atoms with Gasteiger partial charge in [-0.25, -0.2) is 4.39 Å². The topological polar surface area (TPSA) is 12.0 Å². The zero-order valence-corrected chi connectivity index (χ0v) is 8.27. The van der Waals surface area contributed by atoms with Gasteiger partial charge in [-0.05, 0) is 51.0 Å². The molecule has 76 valence electrons. The van der Waals surface area contributed by atoms with Crippen molar-refractivity contribution < 1.29 is 4.39 Å². The first kappa shape index (κ1) is 9.45. The van der Waals surface area contributed by atoms with Gasteiger partial charge in [0, 0.05) is 6.04 Å². The Kier molecular flexibility index (Phi) is 3.20. The van der Waals surface area contributed by atoms with Crippen LogP contribution in [0.4, 0.5) is 4.39 Å². The monoisotopic (exact) mass is 185 g/mol. The number of hydrogen-bond acceptors (Lipinski definition) is 1. The van der Waals surface area contributed by atoms with Crippen molar-refractivity contribution in [3.05, 3.63) is 0 Å². The van der Waals surface area contributed by atoms with Crippen molar-refractivity contribution in [1.82, 2.24) is 5.32 Å². The third-order valence-electron chi connectivity index (χ3n) is 3.62. The van der Waals surface area contributed by atoms with Crippen molar-refractivity contribution in [3.63, 3.8) is 0 Å². The second-order valence-electron chi connectivity index (χ2n) is 4.57. The lowest BCUT2D eigenvalue weighted by Gasteiger charge is -2.34. The summed E-state index contributed by atoms with van der Waals surface area (Å²) in [6, 6.07) is 0.709. The molecule has 1 atom stereocenters. The lowest BCUT2D eigenvalue weighted by Crippen LogP contribution is -2.41. The molecule has 1 saturated heterocycles. The minimum atomic E-state index is -0.500. The molecule has 2 fully saturated rings. The SMILES string of the molecule is FC1CCC(C2CCCCN2)CC1. The molecule has 2 aliphatic rings. The Hall–Kier alpha value is -0.110. The molecule has 0 aromatic carbocycles. The molecule has 13 heavy (non-hydrogen) atoms. The summed E-state index contributed by atoms with van der Waals surface area (Å²) in [6.45, 7) is 1.18. The van der Waals surface area contributed by atoms with Gasteiger partial charge in [0.05, 0.1) is 0 Å². The van der Waals surface area contributed by atoms with Gasteiger partial charge >= 0.3 is 0 Å². The maximum atomic E-state index is 12.9. The molecule has 2 heteroatoms. The van der Waals surface area contributed by atoms with Crippen molar-refractivity contribution in [2.75, 3.05) is 6.54 Å². The Labute approximate surface area is 80.1 Å². The Balaban J connectivity index is 1.79. The fraction of sp³-hybridized carbons (Fsp3) is 1.00. The Morgan fingerprint density at radius 3 is 2.31 bits per heavy atom. The first-order valence-electron chi connectivity index (χ1n) is 5.74. The number of rotatable bonds is 1. The molecule has 0 spiro atoms. The minimum absolute atomic E-state index is 0.500. The van der Waals surface area contributed by atoms with Crippen LogP contribution in [0.5, 0.6) is 0 Å². The van der Waals surface area contributed by atoms with E-state index in [-0.39, 0.29) is 0 Å². The fourth-order valence-electron chi connectivity index (χ4n) is 2.76. The first-order valence-corrected chi connectivity index (χ1v) is 5.74. The molecule has 1 aliphatic carbocycles. The van der Waals surface area contributed by atoms with Gasteiger partial charge < -0.3 is 5.32 Å². The molecule has 1 aliphatic heterocycles. The lowest BCUT2D eigenvalue weighted by molar-refractivity contribution is 0.165. The van der Waals surface area contributed by atoms with Crippen molar-refractivity contribution >= 4 is 0 Å². The second kappa shape index (κ2) is 4.41. The summed E-state index contributed by atoms with van der Waals surface area (Å²) in [6.07, 6.45) is 7.35. The molecule has 0 aromatic rings. The molecule has 1 N–H and O–H groups in total. The maximum absolute atomic E-state index is 12.9. The van der Waals surface area contributed by atoms with E-state index in [0.29, 0.717) is 6.04 Å². The molecule has 1 heterocycles. The van der Waals surface area contributed by atoms with Crippen LogP contribution >= 0.6 is 0 Å². The van der Waals surface area contributed by atoms with Crippen LogP contribution < -0.4 is 5.32 Å². The Morgan fingerprint density at radius 2 is 1.69 bits per heavy atom. The van der Waals surface area contributed by atoms with Gasteiger partial charge in [0.1, 0.15) is 6.17 Å². The van der Waals surface area contributed by atoms with Crippen LogP contribution in [-0.4, -0.2) is 18.8 Å². The van der Waals surface area contributed by atoms with E-state index in [1.165, 1.54) is 25.8 Å². The largest absolute Gasteiger partial charge is 0.314 e. The van der Waals surface area contributed by atoms with E-state index in [4.69, 9.17) is 0 Å². The van der Waals surface area contributed by atoms with Crippen molar-refractivity contribution in [2.24, 2.45) is 5.92 Å². The second-order valence-corrected chi connectivity index (χ2v) is 4.57. The molecule has 1 unspecified atom stereocenters. The molecule has 0 radical (unpaired) electrons. The van der Waals surface area contributed by atoms with Gasteiger partial charge in [-0.3, -0.25) is 0 Å². The van der Waals surface area contributed by atoms with E-state index in [2.05, 4.69) is 5.32 Å². The van der Waals surface area contributed by atoms with Crippen LogP contribution in [0, 0.1) is 5.92 Å². The van der Waals surface area contributed by atoms with Gasteiger partial charge in [-0.1, -0.05) is 6.42 Å². The normalized spacial score (nSPS) is 41.8. The average Bonchev–Trinajstić information content (AvgIpc) is 2.20.